The fourth-order valence-electron chi connectivity index (χ4n) is 4.29. The van der Waals surface area contributed by atoms with Crippen molar-refractivity contribution in [3.8, 4) is 5.75 Å². The first-order chi connectivity index (χ1) is 15.1. The molecule has 0 amide bonds. The number of aliphatic hydroxyl groups is 1. The molecule has 174 valence electrons. The summed E-state index contributed by atoms with van der Waals surface area (Å²) in [5.41, 5.74) is 0.384. The summed E-state index contributed by atoms with van der Waals surface area (Å²) in [6.45, 7) is 7.19. The molecule has 3 rings (SSSR count). The van der Waals surface area contributed by atoms with E-state index in [0.717, 1.165) is 31.6 Å². The fourth-order valence-corrected chi connectivity index (χ4v) is 4.59. The quantitative estimate of drug-likeness (QED) is 0.413. The van der Waals surface area contributed by atoms with Crippen LogP contribution in [0.15, 0.2) is 42.5 Å². The average molecular weight is 480 g/mol. The Morgan fingerprint density at radius 3 is 2.47 bits per heavy atom. The average Bonchev–Trinajstić information content (AvgIpc) is 2.75. The SMILES string of the molecule is COC(=O)c1cc(Cl)ccc1OCCCN1CCC(O)(Cc2ccc(Cl)cc2)C(C)(C)C1. The standard InChI is InChI=1S/C25H31Cl2NO4/c1-24(2)17-28(13-11-25(24,30)16-18-5-7-19(26)8-6-18)12-4-14-32-22-10-9-20(27)15-21(22)23(29)31-3/h5-10,15,30H,4,11-14,16-17H2,1-3H3. The van der Waals surface area contributed by atoms with Crippen molar-refractivity contribution in [1.82, 2.24) is 4.90 Å². The lowest BCUT2D eigenvalue weighted by Crippen LogP contribution is -2.58. The van der Waals surface area contributed by atoms with Gasteiger partial charge in [-0.05, 0) is 48.7 Å². The number of hydrogen-bond donors (Lipinski definition) is 1. The minimum atomic E-state index is -0.771. The minimum Gasteiger partial charge on any atom is -0.493 e. The summed E-state index contributed by atoms with van der Waals surface area (Å²) in [4.78, 5) is 14.3. The van der Waals surface area contributed by atoms with Gasteiger partial charge in [0.2, 0.25) is 0 Å². The van der Waals surface area contributed by atoms with Gasteiger partial charge in [-0.3, -0.25) is 0 Å². The zero-order valence-electron chi connectivity index (χ0n) is 18.9. The van der Waals surface area contributed by atoms with Crippen LogP contribution < -0.4 is 4.74 Å². The number of nitrogens with zero attached hydrogens (tertiary/aromatic N) is 1. The normalized spacial score (nSPS) is 20.7. The van der Waals surface area contributed by atoms with E-state index in [9.17, 15) is 9.90 Å². The third kappa shape index (κ3) is 5.96. The van der Waals surface area contributed by atoms with E-state index in [1.54, 1.807) is 18.2 Å². The molecular formula is C25H31Cl2NO4. The highest BCUT2D eigenvalue weighted by molar-refractivity contribution is 6.31. The van der Waals surface area contributed by atoms with Crippen molar-refractivity contribution >= 4 is 29.2 Å². The monoisotopic (exact) mass is 479 g/mol. The first-order valence-electron chi connectivity index (χ1n) is 10.8. The maximum Gasteiger partial charge on any atom is 0.341 e. The molecule has 7 heteroatoms. The van der Waals surface area contributed by atoms with E-state index in [1.807, 2.05) is 24.3 Å². The van der Waals surface area contributed by atoms with Crippen LogP contribution in [0.25, 0.3) is 0 Å². The van der Waals surface area contributed by atoms with Gasteiger partial charge < -0.3 is 19.5 Å². The van der Waals surface area contributed by atoms with Crippen LogP contribution in [0.2, 0.25) is 10.0 Å². The summed E-state index contributed by atoms with van der Waals surface area (Å²) in [5, 5.41) is 12.6. The Morgan fingerprint density at radius 2 is 1.81 bits per heavy atom. The number of halogens is 2. The second kappa shape index (κ2) is 10.4. The highest BCUT2D eigenvalue weighted by Crippen LogP contribution is 2.41. The van der Waals surface area contributed by atoms with Crippen LogP contribution in [-0.2, 0) is 11.2 Å². The van der Waals surface area contributed by atoms with Crippen LogP contribution in [0.3, 0.4) is 0 Å². The van der Waals surface area contributed by atoms with Crippen molar-refractivity contribution in [3.63, 3.8) is 0 Å². The summed E-state index contributed by atoms with van der Waals surface area (Å²) in [5.74, 6) is -0.00202. The number of piperidine rings is 1. The van der Waals surface area contributed by atoms with Gasteiger partial charge in [-0.15, -0.1) is 0 Å². The molecule has 32 heavy (non-hydrogen) atoms. The van der Waals surface area contributed by atoms with Crippen LogP contribution in [0, 0.1) is 5.41 Å². The maximum atomic E-state index is 11.9. The Kier molecular flexibility index (Phi) is 8.10. The van der Waals surface area contributed by atoms with Gasteiger partial charge in [0.1, 0.15) is 11.3 Å². The van der Waals surface area contributed by atoms with Crippen molar-refractivity contribution in [1.29, 1.82) is 0 Å². The molecule has 1 fully saturated rings. The first-order valence-corrected chi connectivity index (χ1v) is 11.6. The van der Waals surface area contributed by atoms with Gasteiger partial charge in [0.05, 0.1) is 19.3 Å². The summed E-state index contributed by atoms with van der Waals surface area (Å²) in [6, 6.07) is 12.6. The van der Waals surface area contributed by atoms with Crippen LogP contribution in [0.5, 0.6) is 5.75 Å². The molecule has 2 aromatic rings. The highest BCUT2D eigenvalue weighted by atomic mass is 35.5. The van der Waals surface area contributed by atoms with E-state index in [1.165, 1.54) is 7.11 Å². The predicted molar refractivity (Wildman–Crippen MR) is 128 cm³/mol. The molecule has 0 saturated carbocycles. The molecule has 0 spiro atoms. The summed E-state index contributed by atoms with van der Waals surface area (Å²) in [7, 11) is 1.33. The Balaban J connectivity index is 1.52. The number of likely N-dealkylation sites (tertiary alicyclic amines) is 1. The Bertz CT molecular complexity index is 932. The number of rotatable bonds is 8. The number of carbonyl (C=O) groups excluding carboxylic acids is 1. The van der Waals surface area contributed by atoms with Gasteiger partial charge in [0.15, 0.2) is 0 Å². The summed E-state index contributed by atoms with van der Waals surface area (Å²) in [6.07, 6.45) is 2.11. The van der Waals surface area contributed by atoms with Crippen LogP contribution in [-0.4, -0.2) is 54.9 Å². The number of benzene rings is 2. The number of esters is 1. The van der Waals surface area contributed by atoms with Crippen LogP contribution >= 0.6 is 23.2 Å². The van der Waals surface area contributed by atoms with Crippen LogP contribution in [0.4, 0.5) is 0 Å². The molecular weight excluding hydrogens is 449 g/mol. The molecule has 1 heterocycles. The van der Waals surface area contributed by atoms with E-state index in [2.05, 4.69) is 18.7 Å². The molecule has 1 atom stereocenters. The van der Waals surface area contributed by atoms with E-state index < -0.39 is 11.6 Å². The van der Waals surface area contributed by atoms with Crippen molar-refractivity contribution in [2.24, 2.45) is 5.41 Å². The molecule has 1 unspecified atom stereocenters. The number of hydrogen-bond acceptors (Lipinski definition) is 5. The Labute approximate surface area is 200 Å². The molecule has 0 aliphatic carbocycles. The summed E-state index contributed by atoms with van der Waals surface area (Å²) < 4.78 is 10.6. The zero-order chi connectivity index (χ0) is 23.4. The third-order valence-electron chi connectivity index (χ3n) is 6.35. The van der Waals surface area contributed by atoms with Crippen molar-refractivity contribution in [2.45, 2.75) is 38.7 Å². The van der Waals surface area contributed by atoms with E-state index in [4.69, 9.17) is 32.7 Å². The molecule has 1 aliphatic heterocycles. The van der Waals surface area contributed by atoms with Gasteiger partial charge >= 0.3 is 5.97 Å². The van der Waals surface area contributed by atoms with E-state index >= 15 is 0 Å². The predicted octanol–water partition coefficient (Wildman–Crippen LogP) is 5.25. The Hall–Kier alpha value is -1.79. The van der Waals surface area contributed by atoms with Gasteiger partial charge in [-0.2, -0.15) is 0 Å². The number of methoxy groups -OCH3 is 1. The molecule has 0 bridgehead atoms. The minimum absolute atomic E-state index is 0.264. The Morgan fingerprint density at radius 1 is 1.12 bits per heavy atom. The maximum absolute atomic E-state index is 11.9. The second-order valence-corrected chi connectivity index (χ2v) is 9.95. The molecule has 1 N–H and O–H groups in total. The fraction of sp³-hybridized carbons (Fsp3) is 0.480. The number of carbonyl (C=O) groups is 1. The lowest BCUT2D eigenvalue weighted by molar-refractivity contribution is -0.118. The molecule has 2 aromatic carbocycles. The van der Waals surface area contributed by atoms with Gasteiger partial charge in [0.25, 0.3) is 0 Å². The van der Waals surface area contributed by atoms with Crippen LogP contribution in [0.1, 0.15) is 42.6 Å². The molecule has 1 aliphatic rings. The first kappa shape index (κ1) is 24.8. The summed E-state index contributed by atoms with van der Waals surface area (Å²) >= 11 is 12.0. The zero-order valence-corrected chi connectivity index (χ0v) is 20.4. The topological polar surface area (TPSA) is 59.0 Å². The molecule has 0 radical (unpaired) electrons. The second-order valence-electron chi connectivity index (χ2n) is 9.08. The van der Waals surface area contributed by atoms with Gasteiger partial charge in [0, 0.05) is 41.5 Å². The molecule has 5 nitrogen and oxygen atoms in total. The van der Waals surface area contributed by atoms with Crippen molar-refractivity contribution in [3.05, 3.63) is 63.6 Å². The molecule has 0 aromatic heterocycles. The van der Waals surface area contributed by atoms with Crippen molar-refractivity contribution in [2.75, 3.05) is 33.4 Å². The smallest absolute Gasteiger partial charge is 0.341 e. The number of ether oxygens (including phenoxy) is 2. The van der Waals surface area contributed by atoms with Gasteiger partial charge in [-0.1, -0.05) is 49.2 Å². The largest absolute Gasteiger partial charge is 0.493 e. The lowest BCUT2D eigenvalue weighted by Gasteiger charge is -2.50. The molecule has 1 saturated heterocycles. The van der Waals surface area contributed by atoms with Gasteiger partial charge in [-0.25, -0.2) is 4.79 Å². The van der Waals surface area contributed by atoms with E-state index in [0.29, 0.717) is 40.8 Å². The van der Waals surface area contributed by atoms with E-state index in [-0.39, 0.29) is 5.41 Å². The lowest BCUT2D eigenvalue weighted by atomic mass is 9.67. The van der Waals surface area contributed by atoms with Crippen molar-refractivity contribution < 1.29 is 19.4 Å². The third-order valence-corrected chi connectivity index (χ3v) is 6.84. The highest BCUT2D eigenvalue weighted by Gasteiger charge is 2.47.